The van der Waals surface area contributed by atoms with Crippen LogP contribution in [0.2, 0.25) is 0 Å². The van der Waals surface area contributed by atoms with Gasteiger partial charge in [0.15, 0.2) is 0 Å². The Morgan fingerprint density at radius 3 is 2.47 bits per heavy atom. The minimum atomic E-state index is -0.898. The number of carboxylic acid groups (broad SMARTS) is 1. The van der Waals surface area contributed by atoms with Gasteiger partial charge in [0.25, 0.3) is 5.91 Å². The predicted molar refractivity (Wildman–Crippen MR) is 129 cm³/mol. The third-order valence-corrected chi connectivity index (χ3v) is 7.15. The predicted octanol–water partition coefficient (Wildman–Crippen LogP) is 5.76. The molecule has 6 nitrogen and oxygen atoms in total. The first-order chi connectivity index (χ1) is 15.3. The first kappa shape index (κ1) is 24.4. The third-order valence-electron chi connectivity index (χ3n) is 5.95. The van der Waals surface area contributed by atoms with E-state index in [2.05, 4.69) is 16.8 Å². The zero-order chi connectivity index (χ0) is 23.1. The largest absolute Gasteiger partial charge is 0.480 e. The molecule has 174 valence electrons. The number of imidazole rings is 1. The van der Waals surface area contributed by atoms with Gasteiger partial charge in [-0.2, -0.15) is 0 Å². The van der Waals surface area contributed by atoms with Crippen LogP contribution >= 0.6 is 11.8 Å². The Morgan fingerprint density at radius 2 is 1.84 bits per heavy atom. The second-order valence-electron chi connectivity index (χ2n) is 9.10. The molecule has 7 heteroatoms. The van der Waals surface area contributed by atoms with Crippen molar-refractivity contribution in [1.82, 2.24) is 14.9 Å². The van der Waals surface area contributed by atoms with Crippen LogP contribution in [-0.4, -0.2) is 37.3 Å². The number of nitrogens with one attached hydrogen (secondary N) is 1. The summed E-state index contributed by atoms with van der Waals surface area (Å²) in [5.41, 5.74) is 1.39. The van der Waals surface area contributed by atoms with Crippen molar-refractivity contribution in [2.24, 2.45) is 0 Å². The average molecular weight is 458 g/mol. The number of amides is 1. The summed E-state index contributed by atoms with van der Waals surface area (Å²) in [6.45, 7) is 6.39. The van der Waals surface area contributed by atoms with Crippen molar-refractivity contribution in [1.29, 1.82) is 0 Å². The second-order valence-corrected chi connectivity index (χ2v) is 10.8. The Kier molecular flexibility index (Phi) is 8.40. The van der Waals surface area contributed by atoms with E-state index in [0.29, 0.717) is 5.69 Å². The summed E-state index contributed by atoms with van der Waals surface area (Å²) < 4.78 is 1.18. The van der Waals surface area contributed by atoms with Crippen molar-refractivity contribution in [2.45, 2.75) is 94.4 Å². The molecule has 1 saturated carbocycles. The van der Waals surface area contributed by atoms with Crippen LogP contribution in [0.5, 0.6) is 0 Å². The third kappa shape index (κ3) is 6.37. The van der Waals surface area contributed by atoms with Crippen molar-refractivity contribution in [3.8, 4) is 11.4 Å². The lowest BCUT2D eigenvalue weighted by atomic mass is 9.95. The Balaban J connectivity index is 1.80. The minimum Gasteiger partial charge on any atom is -0.480 e. The van der Waals surface area contributed by atoms with Gasteiger partial charge >= 0.3 is 5.97 Å². The summed E-state index contributed by atoms with van der Waals surface area (Å²) in [6.07, 6.45) is 10.8. The van der Waals surface area contributed by atoms with Gasteiger partial charge in [-0.25, -0.2) is 4.98 Å². The highest BCUT2D eigenvalue weighted by molar-refractivity contribution is 8.01. The maximum Gasteiger partial charge on any atom is 0.319 e. The van der Waals surface area contributed by atoms with Gasteiger partial charge in [0.1, 0.15) is 16.3 Å². The van der Waals surface area contributed by atoms with Crippen LogP contribution in [-0.2, 0) is 11.3 Å². The number of hydrogen-bond acceptors (Lipinski definition) is 4. The molecule has 1 aliphatic rings. The number of unbranched alkanes of at least 4 members (excludes halogenated alkanes) is 2. The summed E-state index contributed by atoms with van der Waals surface area (Å²) in [5, 5.41) is 12.5. The Bertz CT molecular complexity index is 915. The summed E-state index contributed by atoms with van der Waals surface area (Å²) >= 11 is 1.32. The van der Waals surface area contributed by atoms with Crippen LogP contribution in [0.4, 0.5) is 0 Å². The van der Waals surface area contributed by atoms with Crippen LogP contribution in [0, 0.1) is 0 Å². The van der Waals surface area contributed by atoms with E-state index in [0.717, 1.165) is 54.9 Å². The van der Waals surface area contributed by atoms with E-state index < -0.39 is 10.7 Å². The van der Waals surface area contributed by atoms with Crippen molar-refractivity contribution in [2.75, 3.05) is 0 Å². The quantitative estimate of drug-likeness (QED) is 0.350. The molecular weight excluding hydrogens is 422 g/mol. The Morgan fingerprint density at radius 1 is 1.16 bits per heavy atom. The number of carbonyl (C=O) groups is 2. The summed E-state index contributed by atoms with van der Waals surface area (Å²) in [4.78, 5) is 29.9. The van der Waals surface area contributed by atoms with Crippen LogP contribution in [0.1, 0.15) is 82.6 Å². The maximum absolute atomic E-state index is 12.9. The molecule has 2 aromatic rings. The molecule has 0 spiro atoms. The van der Waals surface area contributed by atoms with E-state index >= 15 is 0 Å². The Labute approximate surface area is 195 Å². The number of aliphatic carboxylic acids is 1. The van der Waals surface area contributed by atoms with E-state index in [-0.39, 0.29) is 11.9 Å². The van der Waals surface area contributed by atoms with Gasteiger partial charge in [-0.05, 0) is 45.2 Å². The maximum atomic E-state index is 12.9. The molecular formula is C25H35N3O3S. The van der Waals surface area contributed by atoms with Gasteiger partial charge in [-0.1, -0.05) is 51.2 Å². The highest BCUT2D eigenvalue weighted by Crippen LogP contribution is 2.34. The van der Waals surface area contributed by atoms with Gasteiger partial charge in [-0.3, -0.25) is 9.59 Å². The highest BCUT2D eigenvalue weighted by Gasteiger charge is 2.28. The smallest absolute Gasteiger partial charge is 0.319 e. The van der Waals surface area contributed by atoms with E-state index in [1.165, 1.54) is 31.0 Å². The van der Waals surface area contributed by atoms with E-state index in [1.807, 2.05) is 30.5 Å². The number of benzene rings is 1. The lowest BCUT2D eigenvalue weighted by Crippen LogP contribution is -2.36. The van der Waals surface area contributed by atoms with E-state index in [9.17, 15) is 14.7 Å². The van der Waals surface area contributed by atoms with Crippen LogP contribution in [0.15, 0.2) is 35.4 Å². The molecule has 1 aliphatic carbocycles. The van der Waals surface area contributed by atoms with Crippen LogP contribution < -0.4 is 5.32 Å². The lowest BCUT2D eigenvalue weighted by molar-refractivity contribution is -0.138. The molecule has 0 atom stereocenters. The lowest BCUT2D eigenvalue weighted by Gasteiger charge is -2.22. The summed E-state index contributed by atoms with van der Waals surface area (Å²) in [6, 6.07) is 8.03. The molecule has 2 N–H and O–H groups in total. The number of aromatic nitrogens is 2. The number of carboxylic acids is 1. The monoisotopic (exact) mass is 457 g/mol. The van der Waals surface area contributed by atoms with Crippen molar-refractivity contribution < 1.29 is 14.7 Å². The molecule has 1 heterocycles. The zero-order valence-corrected chi connectivity index (χ0v) is 20.2. The normalized spacial score (nSPS) is 15.0. The fourth-order valence-corrected chi connectivity index (χ4v) is 4.92. The van der Waals surface area contributed by atoms with Crippen molar-refractivity contribution in [3.05, 3.63) is 36.2 Å². The zero-order valence-electron chi connectivity index (χ0n) is 19.4. The molecule has 0 radical (unpaired) electrons. The number of thioether (sulfide) groups is 1. The second kappa shape index (κ2) is 11.0. The van der Waals surface area contributed by atoms with Gasteiger partial charge < -0.3 is 15.0 Å². The average Bonchev–Trinajstić information content (AvgIpc) is 3.19. The topological polar surface area (TPSA) is 84.2 Å². The molecule has 0 bridgehead atoms. The number of hydrogen-bond donors (Lipinski definition) is 2. The molecule has 0 unspecified atom stereocenters. The van der Waals surface area contributed by atoms with Crippen LogP contribution in [0.25, 0.3) is 11.4 Å². The number of rotatable bonds is 10. The molecule has 0 saturated heterocycles. The first-order valence-electron chi connectivity index (χ1n) is 11.7. The SMILES string of the molecule is CCCCCn1cc(C(=O)NC2CCCCC2)nc1-c1ccc(SC(C)(C)C(=O)O)cc1. The highest BCUT2D eigenvalue weighted by atomic mass is 32.2. The van der Waals surface area contributed by atoms with E-state index in [1.54, 1.807) is 13.8 Å². The van der Waals surface area contributed by atoms with E-state index in [4.69, 9.17) is 4.98 Å². The van der Waals surface area contributed by atoms with Gasteiger partial charge in [0.2, 0.25) is 0 Å². The van der Waals surface area contributed by atoms with Gasteiger partial charge in [0, 0.05) is 29.2 Å². The fraction of sp³-hybridized carbons (Fsp3) is 0.560. The number of nitrogens with zero attached hydrogens (tertiary/aromatic N) is 2. The summed E-state index contributed by atoms with van der Waals surface area (Å²) in [7, 11) is 0. The standard InChI is InChI=1S/C25H35N3O3S/c1-4-5-9-16-28-17-21(23(29)26-19-10-7-6-8-11-19)27-22(28)18-12-14-20(15-13-18)32-25(2,3)24(30)31/h12-15,17,19H,4-11,16H2,1-3H3,(H,26,29)(H,30,31). The number of aryl methyl sites for hydroxylation is 1. The molecule has 1 aromatic carbocycles. The summed E-state index contributed by atoms with van der Waals surface area (Å²) in [5.74, 6) is -0.154. The molecule has 0 aliphatic heterocycles. The molecule has 32 heavy (non-hydrogen) atoms. The van der Waals surface area contributed by atoms with Crippen molar-refractivity contribution in [3.63, 3.8) is 0 Å². The molecule has 1 amide bonds. The fourth-order valence-electron chi connectivity index (χ4n) is 3.97. The first-order valence-corrected chi connectivity index (χ1v) is 12.5. The van der Waals surface area contributed by atoms with Gasteiger partial charge in [0.05, 0.1) is 0 Å². The molecule has 1 fully saturated rings. The van der Waals surface area contributed by atoms with Crippen LogP contribution in [0.3, 0.4) is 0 Å². The molecule has 3 rings (SSSR count). The number of carbonyl (C=O) groups excluding carboxylic acids is 1. The van der Waals surface area contributed by atoms with Crippen molar-refractivity contribution >= 4 is 23.6 Å². The molecule has 1 aromatic heterocycles. The van der Waals surface area contributed by atoms with Gasteiger partial charge in [-0.15, -0.1) is 11.8 Å². The Hall–Kier alpha value is -2.28. The minimum absolute atomic E-state index is 0.0947.